The van der Waals surface area contributed by atoms with Crippen molar-refractivity contribution in [1.29, 1.82) is 0 Å². The molecule has 21 heavy (non-hydrogen) atoms. The van der Waals surface area contributed by atoms with E-state index in [-0.39, 0.29) is 5.78 Å². The molecule has 2 heteroatoms. The molecule has 0 saturated carbocycles. The van der Waals surface area contributed by atoms with Gasteiger partial charge in [0.2, 0.25) is 0 Å². The first kappa shape index (κ1) is 15.5. The quantitative estimate of drug-likeness (QED) is 0.739. The predicted octanol–water partition coefficient (Wildman–Crippen LogP) is 3.36. The second-order valence-electron chi connectivity index (χ2n) is 5.53. The highest BCUT2D eigenvalue weighted by Crippen LogP contribution is 2.04. The Bertz CT molecular complexity index is 536. The van der Waals surface area contributed by atoms with Crippen molar-refractivity contribution in [2.24, 2.45) is 0 Å². The zero-order chi connectivity index (χ0) is 14.9. The predicted molar refractivity (Wildman–Crippen MR) is 87.4 cm³/mol. The lowest BCUT2D eigenvalue weighted by Crippen LogP contribution is -2.28. The maximum absolute atomic E-state index is 12.0. The highest BCUT2D eigenvalue weighted by atomic mass is 16.1. The molecule has 110 valence electrons. The van der Waals surface area contributed by atoms with Crippen LogP contribution in [0.15, 0.2) is 60.7 Å². The number of carbonyl (C=O) groups excluding carboxylic acids is 1. The van der Waals surface area contributed by atoms with Gasteiger partial charge in [-0.15, -0.1) is 0 Å². The van der Waals surface area contributed by atoms with E-state index in [4.69, 9.17) is 0 Å². The summed E-state index contributed by atoms with van der Waals surface area (Å²) in [7, 11) is 2.02. The fourth-order valence-corrected chi connectivity index (χ4v) is 2.46. The molecule has 0 heterocycles. The highest BCUT2D eigenvalue weighted by molar-refractivity contribution is 5.82. The molecule has 2 rings (SSSR count). The topological polar surface area (TPSA) is 20.3 Å². The fraction of sp³-hybridized carbons (Fsp3) is 0.316. The molecule has 2 aromatic rings. The molecule has 0 aromatic heterocycles. The summed E-state index contributed by atoms with van der Waals surface area (Å²) in [5.74, 6) is 0.281. The molecule has 0 amide bonds. The molecule has 0 radical (unpaired) electrons. The van der Waals surface area contributed by atoms with Crippen molar-refractivity contribution in [3.8, 4) is 0 Å². The van der Waals surface area contributed by atoms with Crippen LogP contribution in [0.2, 0.25) is 0 Å². The average Bonchev–Trinajstić information content (AvgIpc) is 2.49. The summed E-state index contributed by atoms with van der Waals surface area (Å²) in [4.78, 5) is 14.1. The van der Waals surface area contributed by atoms with Crippen LogP contribution in [0.1, 0.15) is 17.5 Å². The minimum absolute atomic E-state index is 0.281. The molecule has 2 aromatic carbocycles. The number of Topliss-reactive ketones (excluding diaryl/α,β-unsaturated/α-hetero) is 1. The molecule has 0 atom stereocenters. The summed E-state index contributed by atoms with van der Waals surface area (Å²) in [6.45, 7) is 1.49. The van der Waals surface area contributed by atoms with Crippen molar-refractivity contribution in [1.82, 2.24) is 4.90 Å². The first-order valence-electron chi connectivity index (χ1n) is 7.52. The van der Waals surface area contributed by atoms with E-state index in [0.29, 0.717) is 13.0 Å². The Morgan fingerprint density at radius 1 is 0.905 bits per heavy atom. The molecule has 0 saturated heterocycles. The first-order chi connectivity index (χ1) is 10.2. The normalized spacial score (nSPS) is 10.8. The van der Waals surface area contributed by atoms with E-state index in [1.165, 1.54) is 5.56 Å². The van der Waals surface area contributed by atoms with Gasteiger partial charge in [-0.2, -0.15) is 0 Å². The van der Waals surface area contributed by atoms with Gasteiger partial charge in [0, 0.05) is 6.42 Å². The largest absolute Gasteiger partial charge is 0.299 e. The summed E-state index contributed by atoms with van der Waals surface area (Å²) in [6.07, 6.45) is 2.68. The molecule has 0 fully saturated rings. The summed E-state index contributed by atoms with van der Waals surface area (Å²) >= 11 is 0. The van der Waals surface area contributed by atoms with E-state index in [9.17, 15) is 4.79 Å². The lowest BCUT2D eigenvalue weighted by molar-refractivity contribution is -0.119. The Balaban J connectivity index is 1.67. The van der Waals surface area contributed by atoms with Crippen molar-refractivity contribution in [2.75, 3.05) is 20.1 Å². The Kier molecular flexibility index (Phi) is 6.17. The van der Waals surface area contributed by atoms with Crippen molar-refractivity contribution in [3.63, 3.8) is 0 Å². The van der Waals surface area contributed by atoms with Gasteiger partial charge in [-0.05, 0) is 37.6 Å². The van der Waals surface area contributed by atoms with E-state index in [1.807, 2.05) is 43.4 Å². The maximum Gasteiger partial charge on any atom is 0.151 e. The average molecular weight is 281 g/mol. The zero-order valence-corrected chi connectivity index (χ0v) is 12.7. The van der Waals surface area contributed by atoms with Gasteiger partial charge in [0.25, 0.3) is 0 Å². The minimum Gasteiger partial charge on any atom is -0.299 e. The second-order valence-corrected chi connectivity index (χ2v) is 5.53. The number of carbonyl (C=O) groups is 1. The lowest BCUT2D eigenvalue weighted by Gasteiger charge is -2.15. The van der Waals surface area contributed by atoms with Crippen LogP contribution >= 0.6 is 0 Å². The van der Waals surface area contributed by atoms with Crippen LogP contribution in [0.5, 0.6) is 0 Å². The minimum atomic E-state index is 0.281. The molecule has 0 N–H and O–H groups in total. The summed E-state index contributed by atoms with van der Waals surface area (Å²) in [5, 5.41) is 0. The van der Waals surface area contributed by atoms with Crippen LogP contribution in [-0.4, -0.2) is 30.8 Å². The van der Waals surface area contributed by atoms with Gasteiger partial charge in [-0.25, -0.2) is 0 Å². The summed E-state index contributed by atoms with van der Waals surface area (Å²) < 4.78 is 0. The Morgan fingerprint density at radius 3 is 2.10 bits per heavy atom. The highest BCUT2D eigenvalue weighted by Gasteiger charge is 2.07. The SMILES string of the molecule is CN(CCCc1ccccc1)CC(=O)Cc1ccccc1. The van der Waals surface area contributed by atoms with Crippen LogP contribution in [0.4, 0.5) is 0 Å². The van der Waals surface area contributed by atoms with E-state index < -0.39 is 0 Å². The third-order valence-corrected chi connectivity index (χ3v) is 3.54. The van der Waals surface area contributed by atoms with Crippen molar-refractivity contribution in [2.45, 2.75) is 19.3 Å². The van der Waals surface area contributed by atoms with Crippen LogP contribution < -0.4 is 0 Å². The number of aryl methyl sites for hydroxylation is 1. The molecule has 0 unspecified atom stereocenters. The maximum atomic E-state index is 12.0. The first-order valence-corrected chi connectivity index (χ1v) is 7.52. The van der Waals surface area contributed by atoms with Gasteiger partial charge in [-0.3, -0.25) is 9.69 Å². The monoisotopic (exact) mass is 281 g/mol. The molecule has 0 aliphatic rings. The summed E-state index contributed by atoms with van der Waals surface area (Å²) in [5.41, 5.74) is 2.46. The third kappa shape index (κ3) is 5.92. The van der Waals surface area contributed by atoms with Crippen molar-refractivity contribution in [3.05, 3.63) is 71.8 Å². The molecule has 0 aliphatic carbocycles. The number of nitrogens with zero attached hydrogens (tertiary/aromatic N) is 1. The van der Waals surface area contributed by atoms with Gasteiger partial charge in [0.1, 0.15) is 0 Å². The number of rotatable bonds is 8. The number of hydrogen-bond acceptors (Lipinski definition) is 2. The van der Waals surface area contributed by atoms with E-state index >= 15 is 0 Å². The van der Waals surface area contributed by atoms with Gasteiger partial charge in [0.15, 0.2) is 5.78 Å². The standard InChI is InChI=1S/C19H23NO/c1-20(14-8-13-17-9-4-2-5-10-17)16-19(21)15-18-11-6-3-7-12-18/h2-7,9-12H,8,13-16H2,1H3. The Hall–Kier alpha value is -1.93. The number of likely N-dealkylation sites (N-methyl/N-ethyl adjacent to an activating group) is 1. The molecular weight excluding hydrogens is 258 g/mol. The smallest absolute Gasteiger partial charge is 0.151 e. The van der Waals surface area contributed by atoms with Crippen LogP contribution in [-0.2, 0) is 17.6 Å². The second kappa shape index (κ2) is 8.38. The van der Waals surface area contributed by atoms with E-state index in [2.05, 4.69) is 29.2 Å². The van der Waals surface area contributed by atoms with Crippen LogP contribution in [0, 0.1) is 0 Å². The molecule has 2 nitrogen and oxygen atoms in total. The fourth-order valence-electron chi connectivity index (χ4n) is 2.46. The Labute approximate surface area is 127 Å². The van der Waals surface area contributed by atoms with E-state index in [0.717, 1.165) is 24.9 Å². The lowest BCUT2D eigenvalue weighted by atomic mass is 10.1. The number of benzene rings is 2. The van der Waals surface area contributed by atoms with Crippen LogP contribution in [0.25, 0.3) is 0 Å². The molecule has 0 aliphatic heterocycles. The zero-order valence-electron chi connectivity index (χ0n) is 12.7. The molecule has 0 bridgehead atoms. The van der Waals surface area contributed by atoms with Crippen molar-refractivity contribution < 1.29 is 4.79 Å². The van der Waals surface area contributed by atoms with E-state index in [1.54, 1.807) is 0 Å². The van der Waals surface area contributed by atoms with Crippen molar-refractivity contribution >= 4 is 5.78 Å². The van der Waals surface area contributed by atoms with Gasteiger partial charge >= 0.3 is 0 Å². The van der Waals surface area contributed by atoms with Gasteiger partial charge in [-0.1, -0.05) is 60.7 Å². The number of ketones is 1. The van der Waals surface area contributed by atoms with Gasteiger partial charge in [0.05, 0.1) is 6.54 Å². The van der Waals surface area contributed by atoms with Crippen LogP contribution in [0.3, 0.4) is 0 Å². The molecular formula is C19H23NO. The summed E-state index contributed by atoms with van der Waals surface area (Å²) in [6, 6.07) is 20.4. The number of hydrogen-bond donors (Lipinski definition) is 0. The Morgan fingerprint density at radius 2 is 1.48 bits per heavy atom. The molecule has 0 spiro atoms. The third-order valence-electron chi connectivity index (χ3n) is 3.54. The van der Waals surface area contributed by atoms with Gasteiger partial charge < -0.3 is 0 Å².